The highest BCUT2D eigenvalue weighted by Crippen LogP contribution is 2.08. The summed E-state index contributed by atoms with van der Waals surface area (Å²) in [5, 5.41) is 17.7. The number of aromatic nitrogens is 4. The molecule has 2 N–H and O–H groups in total. The van der Waals surface area contributed by atoms with E-state index in [0.717, 1.165) is 0 Å². The minimum Gasteiger partial charge on any atom is -0.407 e. The number of nitrogens with one attached hydrogen (secondary N) is 2. The zero-order valence-corrected chi connectivity index (χ0v) is 11.5. The van der Waals surface area contributed by atoms with Crippen molar-refractivity contribution in [3.05, 3.63) is 17.6 Å². The third-order valence-corrected chi connectivity index (χ3v) is 2.20. The van der Waals surface area contributed by atoms with Crippen LogP contribution in [0.4, 0.5) is 6.01 Å². The van der Waals surface area contributed by atoms with Crippen LogP contribution in [0.3, 0.4) is 0 Å². The SMILES string of the molecule is Cc1noc(CNc2nnc(CNC(C)(C)C)o2)n1. The standard InChI is InChI=1S/C11H18N6O2/c1-7-14-8(19-17-7)5-12-10-16-15-9(18-10)6-13-11(2,3)4/h13H,5-6H2,1-4H3,(H,12,16). The molecule has 8 nitrogen and oxygen atoms in total. The molecule has 0 aromatic carbocycles. The molecule has 2 rings (SSSR count). The van der Waals surface area contributed by atoms with E-state index in [1.807, 2.05) is 0 Å². The fourth-order valence-electron chi connectivity index (χ4n) is 1.30. The minimum atomic E-state index is 0.00332. The van der Waals surface area contributed by atoms with Gasteiger partial charge in [-0.05, 0) is 27.7 Å². The molecular weight excluding hydrogens is 248 g/mol. The van der Waals surface area contributed by atoms with Gasteiger partial charge in [-0.25, -0.2) is 0 Å². The predicted octanol–water partition coefficient (Wildman–Crippen LogP) is 1.26. The second kappa shape index (κ2) is 5.35. The lowest BCUT2D eigenvalue weighted by Crippen LogP contribution is -2.35. The number of hydrogen-bond donors (Lipinski definition) is 2. The number of rotatable bonds is 5. The van der Waals surface area contributed by atoms with E-state index in [1.54, 1.807) is 6.92 Å². The van der Waals surface area contributed by atoms with Crippen LogP contribution in [0.5, 0.6) is 0 Å². The second-order valence-electron chi connectivity index (χ2n) is 5.19. The molecule has 8 heteroatoms. The quantitative estimate of drug-likeness (QED) is 0.834. The molecule has 0 amide bonds. The summed E-state index contributed by atoms with van der Waals surface area (Å²) in [6, 6.07) is 0.335. The molecule has 2 aromatic heterocycles. The van der Waals surface area contributed by atoms with Crippen molar-refractivity contribution < 1.29 is 8.94 Å². The maximum Gasteiger partial charge on any atom is 0.315 e. The number of hydrogen-bond acceptors (Lipinski definition) is 8. The molecule has 0 aliphatic carbocycles. The van der Waals surface area contributed by atoms with Crippen LogP contribution in [0, 0.1) is 6.92 Å². The van der Waals surface area contributed by atoms with Gasteiger partial charge in [0, 0.05) is 5.54 Å². The van der Waals surface area contributed by atoms with Crippen LogP contribution in [0.25, 0.3) is 0 Å². The average molecular weight is 266 g/mol. The van der Waals surface area contributed by atoms with Gasteiger partial charge in [-0.15, -0.1) is 5.10 Å². The molecule has 0 aliphatic rings. The molecule has 2 aromatic rings. The maximum absolute atomic E-state index is 5.42. The van der Waals surface area contributed by atoms with Crippen LogP contribution >= 0.6 is 0 Å². The highest BCUT2D eigenvalue weighted by molar-refractivity contribution is 5.17. The summed E-state index contributed by atoms with van der Waals surface area (Å²) >= 11 is 0. The fourth-order valence-corrected chi connectivity index (χ4v) is 1.30. The largest absolute Gasteiger partial charge is 0.407 e. The Labute approximate surface area is 111 Å². The van der Waals surface area contributed by atoms with Crippen molar-refractivity contribution in [1.82, 2.24) is 25.7 Å². The molecule has 0 saturated carbocycles. The molecule has 0 unspecified atom stereocenters. The molecule has 0 radical (unpaired) electrons. The second-order valence-corrected chi connectivity index (χ2v) is 5.19. The molecular formula is C11H18N6O2. The van der Waals surface area contributed by atoms with Crippen molar-refractivity contribution in [3.63, 3.8) is 0 Å². The van der Waals surface area contributed by atoms with Crippen molar-refractivity contribution in [2.24, 2.45) is 0 Å². The van der Waals surface area contributed by atoms with E-state index in [1.165, 1.54) is 0 Å². The van der Waals surface area contributed by atoms with E-state index in [9.17, 15) is 0 Å². The first-order valence-corrected chi connectivity index (χ1v) is 6.03. The summed E-state index contributed by atoms with van der Waals surface area (Å²) in [4.78, 5) is 4.06. The monoisotopic (exact) mass is 266 g/mol. The van der Waals surface area contributed by atoms with Crippen molar-refractivity contribution in [3.8, 4) is 0 Å². The van der Waals surface area contributed by atoms with Crippen LogP contribution < -0.4 is 10.6 Å². The highest BCUT2D eigenvalue weighted by Gasteiger charge is 2.12. The fraction of sp³-hybridized carbons (Fsp3) is 0.636. The summed E-state index contributed by atoms with van der Waals surface area (Å²) in [7, 11) is 0. The zero-order chi connectivity index (χ0) is 13.9. The van der Waals surface area contributed by atoms with E-state index in [4.69, 9.17) is 8.94 Å². The first kappa shape index (κ1) is 13.5. The lowest BCUT2D eigenvalue weighted by atomic mass is 10.1. The lowest BCUT2D eigenvalue weighted by Gasteiger charge is -2.18. The number of nitrogens with zero attached hydrogens (tertiary/aromatic N) is 4. The first-order valence-electron chi connectivity index (χ1n) is 6.03. The third-order valence-electron chi connectivity index (χ3n) is 2.20. The maximum atomic E-state index is 5.42. The van der Waals surface area contributed by atoms with Gasteiger partial charge in [-0.2, -0.15) is 4.98 Å². The van der Waals surface area contributed by atoms with E-state index >= 15 is 0 Å². The normalized spacial score (nSPS) is 11.8. The van der Waals surface area contributed by atoms with E-state index in [0.29, 0.717) is 36.7 Å². The van der Waals surface area contributed by atoms with Gasteiger partial charge in [0.05, 0.1) is 13.1 Å². The van der Waals surface area contributed by atoms with Crippen LogP contribution in [-0.4, -0.2) is 25.9 Å². The van der Waals surface area contributed by atoms with Crippen LogP contribution in [0.2, 0.25) is 0 Å². The summed E-state index contributed by atoms with van der Waals surface area (Å²) < 4.78 is 10.4. The number of anilines is 1. The Hall–Kier alpha value is -1.96. The lowest BCUT2D eigenvalue weighted by molar-refractivity contribution is 0.374. The van der Waals surface area contributed by atoms with Gasteiger partial charge in [-0.3, -0.25) is 0 Å². The highest BCUT2D eigenvalue weighted by atomic mass is 16.5. The molecule has 19 heavy (non-hydrogen) atoms. The molecule has 0 fully saturated rings. The Balaban J connectivity index is 1.84. The minimum absolute atomic E-state index is 0.00332. The van der Waals surface area contributed by atoms with Gasteiger partial charge in [0.1, 0.15) is 0 Å². The van der Waals surface area contributed by atoms with Gasteiger partial charge in [0.15, 0.2) is 5.82 Å². The Morgan fingerprint density at radius 2 is 1.89 bits per heavy atom. The molecule has 0 aliphatic heterocycles. The summed E-state index contributed by atoms with van der Waals surface area (Å²) in [6.07, 6.45) is 0. The number of aryl methyl sites for hydroxylation is 1. The summed E-state index contributed by atoms with van der Waals surface area (Å²) in [5.41, 5.74) is 0.00332. The molecule has 2 heterocycles. The van der Waals surface area contributed by atoms with E-state index in [-0.39, 0.29) is 5.54 Å². The van der Waals surface area contributed by atoms with Crippen LogP contribution in [0.1, 0.15) is 38.4 Å². The molecule has 0 atom stereocenters. The van der Waals surface area contributed by atoms with Gasteiger partial charge >= 0.3 is 6.01 Å². The topological polar surface area (TPSA) is 102 Å². The van der Waals surface area contributed by atoms with E-state index < -0.39 is 0 Å². The Bertz CT molecular complexity index is 527. The summed E-state index contributed by atoms with van der Waals surface area (Å²) in [6.45, 7) is 8.85. The van der Waals surface area contributed by atoms with Gasteiger partial charge in [0.25, 0.3) is 0 Å². The molecule has 0 saturated heterocycles. The Morgan fingerprint density at radius 3 is 2.53 bits per heavy atom. The average Bonchev–Trinajstić information content (AvgIpc) is 2.92. The third kappa shape index (κ3) is 4.32. The van der Waals surface area contributed by atoms with Crippen molar-refractivity contribution in [1.29, 1.82) is 0 Å². The molecule has 0 bridgehead atoms. The molecule has 104 valence electrons. The summed E-state index contributed by atoms with van der Waals surface area (Å²) in [5.74, 6) is 1.60. The van der Waals surface area contributed by atoms with Crippen molar-refractivity contribution >= 4 is 6.01 Å². The van der Waals surface area contributed by atoms with Gasteiger partial charge in [0.2, 0.25) is 11.8 Å². The van der Waals surface area contributed by atoms with Crippen LogP contribution in [-0.2, 0) is 13.1 Å². The van der Waals surface area contributed by atoms with Gasteiger partial charge in [-0.1, -0.05) is 10.3 Å². The first-order chi connectivity index (χ1) is 8.92. The Kier molecular flexibility index (Phi) is 3.79. The van der Waals surface area contributed by atoms with E-state index in [2.05, 4.69) is 51.7 Å². The predicted molar refractivity (Wildman–Crippen MR) is 67.3 cm³/mol. The van der Waals surface area contributed by atoms with Crippen molar-refractivity contribution in [2.45, 2.75) is 46.3 Å². The smallest absolute Gasteiger partial charge is 0.315 e. The van der Waals surface area contributed by atoms with Crippen LogP contribution in [0.15, 0.2) is 8.94 Å². The zero-order valence-electron chi connectivity index (χ0n) is 11.5. The Morgan fingerprint density at radius 1 is 1.11 bits per heavy atom. The van der Waals surface area contributed by atoms with Gasteiger partial charge < -0.3 is 19.6 Å². The van der Waals surface area contributed by atoms with Crippen molar-refractivity contribution in [2.75, 3.05) is 5.32 Å². The molecule has 0 spiro atoms.